The molecular weight excluding hydrogens is 366 g/mol. The summed E-state index contributed by atoms with van der Waals surface area (Å²) in [5, 5.41) is 0.649. The maximum absolute atomic E-state index is 12.6. The van der Waals surface area contributed by atoms with E-state index in [1.54, 1.807) is 23.1 Å². The number of primary amides is 1. The molecule has 2 aromatic carbocycles. The zero-order valence-corrected chi connectivity index (χ0v) is 15.9. The summed E-state index contributed by atoms with van der Waals surface area (Å²) in [7, 11) is 0. The van der Waals surface area contributed by atoms with Gasteiger partial charge in [-0.3, -0.25) is 14.5 Å². The van der Waals surface area contributed by atoms with Crippen LogP contribution in [0.2, 0.25) is 5.02 Å². The van der Waals surface area contributed by atoms with Crippen LogP contribution in [0.5, 0.6) is 5.75 Å². The quantitative estimate of drug-likeness (QED) is 0.826. The lowest BCUT2D eigenvalue weighted by molar-refractivity contribution is -0.122. The molecule has 1 unspecified atom stereocenters. The van der Waals surface area contributed by atoms with Gasteiger partial charge in [-0.2, -0.15) is 0 Å². The largest absolute Gasteiger partial charge is 0.484 e. The molecule has 6 nitrogen and oxygen atoms in total. The van der Waals surface area contributed by atoms with Crippen molar-refractivity contribution in [3.05, 3.63) is 59.1 Å². The number of benzene rings is 2. The fourth-order valence-electron chi connectivity index (χ4n) is 3.10. The van der Waals surface area contributed by atoms with Gasteiger partial charge in [-0.25, -0.2) is 0 Å². The maximum Gasteiger partial charge on any atom is 0.255 e. The number of anilines is 1. The molecule has 0 saturated carbocycles. The van der Waals surface area contributed by atoms with Crippen LogP contribution in [0.4, 0.5) is 5.69 Å². The Kier molecular flexibility index (Phi) is 5.98. The molecule has 0 aromatic heterocycles. The average molecular weight is 388 g/mol. The van der Waals surface area contributed by atoms with Crippen LogP contribution in [0.3, 0.4) is 0 Å². The van der Waals surface area contributed by atoms with E-state index < -0.39 is 5.91 Å². The van der Waals surface area contributed by atoms with Crippen molar-refractivity contribution in [1.82, 2.24) is 4.90 Å². The molecule has 1 aliphatic rings. The van der Waals surface area contributed by atoms with E-state index >= 15 is 0 Å². The summed E-state index contributed by atoms with van der Waals surface area (Å²) in [5.41, 5.74) is 6.98. The number of amides is 2. The molecule has 0 spiro atoms. The fourth-order valence-corrected chi connectivity index (χ4v) is 3.23. The Balaban J connectivity index is 1.65. The van der Waals surface area contributed by atoms with Gasteiger partial charge in [0.1, 0.15) is 5.75 Å². The number of hydrogen-bond acceptors (Lipinski definition) is 4. The first-order chi connectivity index (χ1) is 12.9. The number of hydrogen-bond donors (Lipinski definition) is 1. The second-order valence-electron chi connectivity index (χ2n) is 6.64. The monoisotopic (exact) mass is 387 g/mol. The molecule has 1 atom stereocenters. The summed E-state index contributed by atoms with van der Waals surface area (Å²) in [6.07, 6.45) is 0. The van der Waals surface area contributed by atoms with Gasteiger partial charge >= 0.3 is 0 Å². The number of piperazine rings is 1. The smallest absolute Gasteiger partial charge is 0.255 e. The van der Waals surface area contributed by atoms with Gasteiger partial charge in [0.05, 0.1) is 6.54 Å². The molecule has 142 valence electrons. The number of rotatable bonds is 6. The van der Waals surface area contributed by atoms with Crippen LogP contribution < -0.4 is 15.4 Å². The lowest BCUT2D eigenvalue weighted by atomic mass is 10.1. The highest BCUT2D eigenvalue weighted by Crippen LogP contribution is 2.24. The van der Waals surface area contributed by atoms with Crippen molar-refractivity contribution >= 4 is 29.1 Å². The number of nitrogens with zero attached hydrogens (tertiary/aromatic N) is 2. The Hall–Kier alpha value is -2.57. The van der Waals surface area contributed by atoms with Gasteiger partial charge in [-0.05, 0) is 48.9 Å². The number of ether oxygens (including phenoxy) is 1. The minimum Gasteiger partial charge on any atom is -0.484 e. The van der Waals surface area contributed by atoms with E-state index in [0.717, 1.165) is 11.3 Å². The van der Waals surface area contributed by atoms with Crippen LogP contribution in [-0.4, -0.2) is 42.5 Å². The van der Waals surface area contributed by atoms with Crippen molar-refractivity contribution in [2.75, 3.05) is 24.6 Å². The molecule has 27 heavy (non-hydrogen) atoms. The van der Waals surface area contributed by atoms with Crippen LogP contribution in [0.1, 0.15) is 12.5 Å². The molecule has 1 heterocycles. The van der Waals surface area contributed by atoms with Gasteiger partial charge in [0.25, 0.3) is 5.91 Å². The van der Waals surface area contributed by atoms with E-state index in [0.29, 0.717) is 30.4 Å². The van der Waals surface area contributed by atoms with Crippen LogP contribution in [0.15, 0.2) is 48.5 Å². The average Bonchev–Trinajstić information content (AvgIpc) is 2.64. The van der Waals surface area contributed by atoms with Crippen LogP contribution in [0.25, 0.3) is 0 Å². The second kappa shape index (κ2) is 8.41. The van der Waals surface area contributed by atoms with Gasteiger partial charge in [0.2, 0.25) is 5.91 Å². The zero-order valence-electron chi connectivity index (χ0n) is 15.1. The standard InChI is InChI=1S/C20H22ClN3O3/c1-14-10-24(17-7-5-16(21)6-8-17)20(26)12-23(14)11-15-3-2-4-18(9-15)27-13-19(22)25/h2-9,14H,10-13H2,1H3,(H2,22,25). The van der Waals surface area contributed by atoms with Crippen molar-refractivity contribution in [2.24, 2.45) is 5.73 Å². The van der Waals surface area contributed by atoms with Gasteiger partial charge in [-0.1, -0.05) is 23.7 Å². The van der Waals surface area contributed by atoms with Gasteiger partial charge < -0.3 is 15.4 Å². The predicted molar refractivity (Wildman–Crippen MR) is 105 cm³/mol. The summed E-state index contributed by atoms with van der Waals surface area (Å²) in [4.78, 5) is 27.4. The first-order valence-electron chi connectivity index (χ1n) is 8.72. The van der Waals surface area contributed by atoms with Gasteiger partial charge in [-0.15, -0.1) is 0 Å². The minimum absolute atomic E-state index is 0.0524. The first-order valence-corrected chi connectivity index (χ1v) is 9.10. The Morgan fingerprint density at radius 1 is 1.26 bits per heavy atom. The Labute approximate surface area is 163 Å². The summed E-state index contributed by atoms with van der Waals surface area (Å²) >= 11 is 5.93. The first kappa shape index (κ1) is 19.2. The Morgan fingerprint density at radius 3 is 2.70 bits per heavy atom. The second-order valence-corrected chi connectivity index (χ2v) is 7.07. The lowest BCUT2D eigenvalue weighted by Crippen LogP contribution is -2.54. The summed E-state index contributed by atoms with van der Waals surface area (Å²) in [6.45, 7) is 3.50. The Morgan fingerprint density at radius 2 is 2.00 bits per heavy atom. The van der Waals surface area contributed by atoms with E-state index in [9.17, 15) is 9.59 Å². The molecule has 1 saturated heterocycles. The zero-order chi connectivity index (χ0) is 19.4. The van der Waals surface area contributed by atoms with Crippen molar-refractivity contribution < 1.29 is 14.3 Å². The van der Waals surface area contributed by atoms with Crippen LogP contribution in [0, 0.1) is 0 Å². The van der Waals surface area contributed by atoms with E-state index in [1.807, 2.05) is 30.3 Å². The third-order valence-corrected chi connectivity index (χ3v) is 4.77. The van der Waals surface area contributed by atoms with Crippen LogP contribution in [-0.2, 0) is 16.1 Å². The molecule has 1 fully saturated rings. The molecule has 2 aromatic rings. The predicted octanol–water partition coefficient (Wildman–Crippen LogP) is 2.44. The molecular formula is C20H22ClN3O3. The normalized spacial score (nSPS) is 17.8. The molecule has 0 aliphatic carbocycles. The molecule has 7 heteroatoms. The van der Waals surface area contributed by atoms with Crippen molar-refractivity contribution in [3.63, 3.8) is 0 Å². The van der Waals surface area contributed by atoms with Crippen molar-refractivity contribution in [3.8, 4) is 5.75 Å². The topological polar surface area (TPSA) is 75.9 Å². The van der Waals surface area contributed by atoms with Crippen LogP contribution >= 0.6 is 11.6 Å². The van der Waals surface area contributed by atoms with Gasteiger partial charge in [0.15, 0.2) is 6.61 Å². The number of halogens is 1. The van der Waals surface area contributed by atoms with E-state index in [1.165, 1.54) is 0 Å². The number of carbonyl (C=O) groups is 2. The summed E-state index contributed by atoms with van der Waals surface area (Å²) in [5.74, 6) is 0.125. The summed E-state index contributed by atoms with van der Waals surface area (Å²) in [6, 6.07) is 15.0. The maximum atomic E-state index is 12.6. The number of carbonyl (C=O) groups excluding carboxylic acids is 2. The molecule has 2 amide bonds. The van der Waals surface area contributed by atoms with Crippen molar-refractivity contribution in [1.29, 1.82) is 0 Å². The highest BCUT2D eigenvalue weighted by molar-refractivity contribution is 6.30. The fraction of sp³-hybridized carbons (Fsp3) is 0.300. The lowest BCUT2D eigenvalue weighted by Gasteiger charge is -2.39. The molecule has 3 rings (SSSR count). The highest BCUT2D eigenvalue weighted by Gasteiger charge is 2.30. The van der Waals surface area contributed by atoms with Crippen molar-refractivity contribution in [2.45, 2.75) is 19.5 Å². The summed E-state index contributed by atoms with van der Waals surface area (Å²) < 4.78 is 5.35. The molecule has 0 bridgehead atoms. The molecule has 0 radical (unpaired) electrons. The minimum atomic E-state index is -0.516. The highest BCUT2D eigenvalue weighted by atomic mass is 35.5. The SMILES string of the molecule is CC1CN(c2ccc(Cl)cc2)C(=O)CN1Cc1cccc(OCC(N)=O)c1. The number of nitrogens with two attached hydrogens (primary N) is 1. The molecule has 2 N–H and O–H groups in total. The van der Waals surface area contributed by atoms with E-state index in [2.05, 4.69) is 11.8 Å². The van der Waals surface area contributed by atoms with E-state index in [4.69, 9.17) is 22.1 Å². The Bertz CT molecular complexity index is 825. The van der Waals surface area contributed by atoms with Gasteiger partial charge in [0, 0.05) is 29.8 Å². The molecule has 1 aliphatic heterocycles. The third-order valence-electron chi connectivity index (χ3n) is 4.51. The third kappa shape index (κ3) is 4.99. The van der Waals surface area contributed by atoms with E-state index in [-0.39, 0.29) is 18.6 Å².